The fraction of sp³-hybridized carbons (Fsp3) is 0.154. The minimum absolute atomic E-state index is 0.00901. The number of nitrogens with zero attached hydrogens (tertiary/aromatic N) is 2. The van der Waals surface area contributed by atoms with Crippen LogP contribution in [0, 0.1) is 17.7 Å². The average Bonchev–Trinajstić information content (AvgIpc) is 2.86. The molecule has 110 valence electrons. The number of rotatable bonds is 3. The number of aromatic nitrogens is 2. The zero-order valence-corrected chi connectivity index (χ0v) is 11.9. The van der Waals surface area contributed by atoms with Crippen LogP contribution in [0.4, 0.5) is 10.1 Å². The molecular weight excluding hydrogens is 297 g/mol. The number of nitrogens with one attached hydrogen (secondary N) is 1. The van der Waals surface area contributed by atoms with Crippen LogP contribution in [0.3, 0.4) is 0 Å². The minimum Gasteiger partial charge on any atom is -0.384 e. The second-order valence-corrected chi connectivity index (χ2v) is 5.77. The van der Waals surface area contributed by atoms with Gasteiger partial charge in [-0.2, -0.15) is 8.42 Å². The molecule has 0 saturated carbocycles. The van der Waals surface area contributed by atoms with Crippen molar-refractivity contribution in [2.45, 2.75) is 5.03 Å². The van der Waals surface area contributed by atoms with Gasteiger partial charge in [0.2, 0.25) is 0 Å². The summed E-state index contributed by atoms with van der Waals surface area (Å²) >= 11 is 0. The molecule has 6 nitrogen and oxygen atoms in total. The summed E-state index contributed by atoms with van der Waals surface area (Å²) < 4.78 is 41.4. The number of benzene rings is 1. The number of halogens is 1. The van der Waals surface area contributed by atoms with Gasteiger partial charge in [0.25, 0.3) is 10.0 Å². The molecule has 2 aromatic rings. The highest BCUT2D eigenvalue weighted by atomic mass is 32.2. The molecule has 2 N–H and O–H groups in total. The van der Waals surface area contributed by atoms with Gasteiger partial charge in [0, 0.05) is 13.2 Å². The number of imidazole rings is 1. The predicted molar refractivity (Wildman–Crippen MR) is 74.4 cm³/mol. The lowest BCUT2D eigenvalue weighted by Gasteiger charge is -2.06. The van der Waals surface area contributed by atoms with E-state index >= 15 is 0 Å². The molecule has 0 saturated heterocycles. The third-order valence-corrected chi connectivity index (χ3v) is 3.74. The van der Waals surface area contributed by atoms with Crippen molar-refractivity contribution in [2.75, 3.05) is 11.3 Å². The van der Waals surface area contributed by atoms with Crippen molar-refractivity contribution in [1.82, 2.24) is 9.55 Å². The third-order valence-electron chi connectivity index (χ3n) is 2.48. The van der Waals surface area contributed by atoms with Gasteiger partial charge in [-0.1, -0.05) is 11.8 Å². The van der Waals surface area contributed by atoms with Gasteiger partial charge < -0.3 is 9.67 Å². The van der Waals surface area contributed by atoms with E-state index in [-0.39, 0.29) is 16.3 Å². The van der Waals surface area contributed by atoms with E-state index in [0.29, 0.717) is 0 Å². The van der Waals surface area contributed by atoms with E-state index in [0.717, 1.165) is 6.07 Å². The molecule has 2 rings (SSSR count). The molecule has 21 heavy (non-hydrogen) atoms. The number of anilines is 1. The Kier molecular flexibility index (Phi) is 4.26. The van der Waals surface area contributed by atoms with Crippen LogP contribution in [0.5, 0.6) is 0 Å². The minimum atomic E-state index is -3.84. The maximum absolute atomic E-state index is 13.5. The van der Waals surface area contributed by atoms with Gasteiger partial charge in [0.1, 0.15) is 12.4 Å². The number of hydrogen-bond donors (Lipinski definition) is 2. The molecule has 0 aliphatic rings. The molecule has 0 aliphatic heterocycles. The largest absolute Gasteiger partial charge is 0.384 e. The van der Waals surface area contributed by atoms with Crippen molar-refractivity contribution in [3.63, 3.8) is 0 Å². The van der Waals surface area contributed by atoms with Crippen LogP contribution < -0.4 is 4.72 Å². The van der Waals surface area contributed by atoms with E-state index in [1.807, 2.05) is 0 Å². The molecule has 0 aliphatic carbocycles. The lowest BCUT2D eigenvalue weighted by Crippen LogP contribution is -2.13. The molecule has 0 amide bonds. The van der Waals surface area contributed by atoms with Crippen LogP contribution in [-0.2, 0) is 17.1 Å². The zero-order valence-electron chi connectivity index (χ0n) is 11.0. The molecule has 0 radical (unpaired) electrons. The summed E-state index contributed by atoms with van der Waals surface area (Å²) in [5.74, 6) is 4.11. The van der Waals surface area contributed by atoms with E-state index in [4.69, 9.17) is 5.11 Å². The molecule has 1 aromatic heterocycles. The second kappa shape index (κ2) is 5.95. The fourth-order valence-electron chi connectivity index (χ4n) is 1.55. The highest BCUT2D eigenvalue weighted by Gasteiger charge is 2.17. The van der Waals surface area contributed by atoms with Gasteiger partial charge in [-0.3, -0.25) is 4.72 Å². The van der Waals surface area contributed by atoms with Crippen LogP contribution in [0.1, 0.15) is 5.56 Å². The Bertz CT molecular complexity index is 819. The lowest BCUT2D eigenvalue weighted by atomic mass is 10.2. The van der Waals surface area contributed by atoms with Crippen molar-refractivity contribution < 1.29 is 17.9 Å². The van der Waals surface area contributed by atoms with Crippen LogP contribution >= 0.6 is 0 Å². The predicted octanol–water partition coefficient (Wildman–Crippen LogP) is 0.704. The van der Waals surface area contributed by atoms with E-state index in [9.17, 15) is 12.8 Å². The highest BCUT2D eigenvalue weighted by Crippen LogP contribution is 2.17. The van der Waals surface area contributed by atoms with Crippen molar-refractivity contribution in [3.05, 3.63) is 42.1 Å². The maximum atomic E-state index is 13.5. The Morgan fingerprint density at radius 1 is 1.48 bits per heavy atom. The van der Waals surface area contributed by atoms with E-state index < -0.39 is 22.4 Å². The van der Waals surface area contributed by atoms with Gasteiger partial charge in [-0.25, -0.2) is 9.37 Å². The van der Waals surface area contributed by atoms with Gasteiger partial charge in [0.05, 0.1) is 17.6 Å². The molecule has 8 heteroatoms. The number of aryl methyl sites for hydroxylation is 1. The summed E-state index contributed by atoms with van der Waals surface area (Å²) in [6.07, 6.45) is 2.70. The van der Waals surface area contributed by atoms with E-state index in [1.54, 1.807) is 7.05 Å². The zero-order chi connectivity index (χ0) is 15.5. The summed E-state index contributed by atoms with van der Waals surface area (Å²) in [6, 6.07) is 3.62. The topological polar surface area (TPSA) is 84.2 Å². The second-order valence-electron chi connectivity index (χ2n) is 4.14. The summed E-state index contributed by atoms with van der Waals surface area (Å²) in [5, 5.41) is 8.47. The van der Waals surface area contributed by atoms with Crippen LogP contribution in [0.2, 0.25) is 0 Å². The normalized spacial score (nSPS) is 10.8. The lowest BCUT2D eigenvalue weighted by molar-refractivity contribution is 0.350. The maximum Gasteiger partial charge on any atom is 0.280 e. The molecule has 1 aromatic carbocycles. The Balaban J connectivity index is 2.31. The number of hydrogen-bond acceptors (Lipinski definition) is 4. The number of aliphatic hydroxyl groups is 1. The first-order valence-corrected chi connectivity index (χ1v) is 7.31. The molecule has 0 atom stereocenters. The van der Waals surface area contributed by atoms with Gasteiger partial charge in [0.15, 0.2) is 5.03 Å². The Labute approximate surface area is 121 Å². The quantitative estimate of drug-likeness (QED) is 0.818. The molecule has 1 heterocycles. The molecule has 0 fully saturated rings. The Morgan fingerprint density at radius 3 is 2.86 bits per heavy atom. The van der Waals surface area contributed by atoms with Crippen LogP contribution in [0.15, 0.2) is 35.7 Å². The monoisotopic (exact) mass is 309 g/mol. The average molecular weight is 309 g/mol. The first-order valence-electron chi connectivity index (χ1n) is 5.82. The fourth-order valence-corrected chi connectivity index (χ4v) is 2.59. The van der Waals surface area contributed by atoms with Crippen molar-refractivity contribution in [3.8, 4) is 11.8 Å². The summed E-state index contributed by atoms with van der Waals surface area (Å²) in [6.45, 7) is -0.413. The number of aliphatic hydroxyl groups excluding tert-OH is 1. The van der Waals surface area contributed by atoms with Gasteiger partial charge >= 0.3 is 0 Å². The van der Waals surface area contributed by atoms with Gasteiger partial charge in [-0.15, -0.1) is 0 Å². The third kappa shape index (κ3) is 3.59. The van der Waals surface area contributed by atoms with Crippen molar-refractivity contribution >= 4 is 15.7 Å². The van der Waals surface area contributed by atoms with E-state index in [2.05, 4.69) is 21.5 Å². The summed E-state index contributed by atoms with van der Waals surface area (Å²) in [7, 11) is -2.20. The Morgan fingerprint density at radius 2 is 2.24 bits per heavy atom. The SMILES string of the molecule is Cn1cnc(S(=O)(=O)Nc2ccc(F)c(C#CCO)c2)c1. The highest BCUT2D eigenvalue weighted by molar-refractivity contribution is 7.92. The summed E-state index contributed by atoms with van der Waals surface area (Å²) in [4.78, 5) is 3.75. The molecule has 0 unspecified atom stereocenters. The smallest absolute Gasteiger partial charge is 0.280 e. The van der Waals surface area contributed by atoms with Crippen LogP contribution in [-0.4, -0.2) is 29.7 Å². The van der Waals surface area contributed by atoms with Gasteiger partial charge in [-0.05, 0) is 18.2 Å². The molecular formula is C13H12FN3O3S. The first kappa shape index (κ1) is 15.0. The van der Waals surface area contributed by atoms with Crippen molar-refractivity contribution in [2.24, 2.45) is 7.05 Å². The molecule has 0 spiro atoms. The first-order chi connectivity index (χ1) is 9.92. The van der Waals surface area contributed by atoms with E-state index in [1.165, 1.54) is 29.2 Å². The summed E-state index contributed by atoms with van der Waals surface area (Å²) in [5.41, 5.74) is 0.148. The standard InChI is InChI=1S/C13H12FN3O3S/c1-17-8-13(15-9-17)21(19,20)16-11-4-5-12(14)10(7-11)3-2-6-18/h4-5,7-9,16,18H,6H2,1H3. The molecule has 0 bridgehead atoms. The number of sulfonamides is 1. The van der Waals surface area contributed by atoms with Crippen LogP contribution in [0.25, 0.3) is 0 Å². The van der Waals surface area contributed by atoms with Crippen molar-refractivity contribution in [1.29, 1.82) is 0 Å². The Hall–Kier alpha value is -2.37.